The Morgan fingerprint density at radius 2 is 2.24 bits per heavy atom. The number of aryl methyl sites for hydroxylation is 1. The van der Waals surface area contributed by atoms with Crippen molar-refractivity contribution in [2.45, 2.75) is 20.0 Å². The molecule has 21 heavy (non-hydrogen) atoms. The average molecular weight is 292 g/mol. The Labute approximate surface area is 120 Å². The normalized spacial score (nSPS) is 10.3. The zero-order valence-electron chi connectivity index (χ0n) is 11.5. The maximum absolute atomic E-state index is 11.6. The van der Waals surface area contributed by atoms with Crippen LogP contribution in [0.2, 0.25) is 0 Å². The van der Waals surface area contributed by atoms with Crippen LogP contribution in [0.3, 0.4) is 0 Å². The van der Waals surface area contributed by atoms with E-state index < -0.39 is 5.97 Å². The van der Waals surface area contributed by atoms with E-state index in [1.807, 2.05) is 0 Å². The molecule has 2 amide bonds. The van der Waals surface area contributed by atoms with Gasteiger partial charge in [-0.1, -0.05) is 0 Å². The van der Waals surface area contributed by atoms with Gasteiger partial charge < -0.3 is 20.2 Å². The van der Waals surface area contributed by atoms with Crippen LogP contribution >= 0.6 is 0 Å². The van der Waals surface area contributed by atoms with Crippen molar-refractivity contribution >= 4 is 12.0 Å². The Bertz CT molecular complexity index is 618. The topological polar surface area (TPSA) is 109 Å². The lowest BCUT2D eigenvalue weighted by molar-refractivity contribution is 0.0695. The third-order valence-corrected chi connectivity index (χ3v) is 2.81. The number of carbonyl (C=O) groups is 2. The summed E-state index contributed by atoms with van der Waals surface area (Å²) in [4.78, 5) is 22.4. The van der Waals surface area contributed by atoms with Crippen LogP contribution in [0, 0.1) is 6.92 Å². The molecular formula is C13H16N4O4. The molecular weight excluding hydrogens is 276 g/mol. The fourth-order valence-electron chi connectivity index (χ4n) is 1.79. The van der Waals surface area contributed by atoms with Crippen molar-refractivity contribution in [3.63, 3.8) is 0 Å². The highest BCUT2D eigenvalue weighted by molar-refractivity contribution is 5.88. The zero-order valence-corrected chi connectivity index (χ0v) is 11.5. The third-order valence-electron chi connectivity index (χ3n) is 2.81. The summed E-state index contributed by atoms with van der Waals surface area (Å²) in [6, 6.07) is 2.86. The minimum Gasteiger partial charge on any atom is -0.478 e. The summed E-state index contributed by atoms with van der Waals surface area (Å²) in [5, 5.41) is 18.2. The third kappa shape index (κ3) is 4.10. The number of nitrogens with one attached hydrogen (secondary N) is 2. The molecule has 0 saturated carbocycles. The average Bonchev–Trinajstić information content (AvgIpc) is 3.06. The van der Waals surface area contributed by atoms with Crippen LogP contribution in [-0.2, 0) is 13.1 Å². The van der Waals surface area contributed by atoms with Gasteiger partial charge in [0, 0.05) is 18.9 Å². The second kappa shape index (κ2) is 6.60. The van der Waals surface area contributed by atoms with Crippen molar-refractivity contribution in [3.8, 4) is 0 Å². The van der Waals surface area contributed by atoms with Crippen LogP contribution in [0.15, 0.2) is 28.9 Å². The number of carboxylic acids is 1. The van der Waals surface area contributed by atoms with Gasteiger partial charge in [0.2, 0.25) is 0 Å². The molecule has 0 aromatic carbocycles. The molecule has 0 saturated heterocycles. The van der Waals surface area contributed by atoms with Crippen molar-refractivity contribution < 1.29 is 19.1 Å². The van der Waals surface area contributed by atoms with E-state index in [2.05, 4.69) is 15.7 Å². The summed E-state index contributed by atoms with van der Waals surface area (Å²) in [7, 11) is 0. The first-order chi connectivity index (χ1) is 10.1. The molecule has 112 valence electrons. The molecule has 0 aliphatic heterocycles. The fourth-order valence-corrected chi connectivity index (χ4v) is 1.79. The van der Waals surface area contributed by atoms with Gasteiger partial charge in [0.15, 0.2) is 0 Å². The summed E-state index contributed by atoms with van der Waals surface area (Å²) >= 11 is 0. The van der Waals surface area contributed by atoms with Crippen LogP contribution < -0.4 is 10.6 Å². The molecule has 0 radical (unpaired) electrons. The minimum absolute atomic E-state index is 0.103. The highest BCUT2D eigenvalue weighted by atomic mass is 16.4. The molecule has 2 rings (SSSR count). The van der Waals surface area contributed by atoms with E-state index in [4.69, 9.17) is 9.52 Å². The van der Waals surface area contributed by atoms with E-state index in [9.17, 15) is 9.59 Å². The summed E-state index contributed by atoms with van der Waals surface area (Å²) in [5.41, 5.74) is 0.103. The van der Waals surface area contributed by atoms with Crippen LogP contribution in [0.1, 0.15) is 21.9 Å². The highest BCUT2D eigenvalue weighted by Crippen LogP contribution is 2.14. The Morgan fingerprint density at radius 3 is 2.86 bits per heavy atom. The highest BCUT2D eigenvalue weighted by Gasteiger charge is 2.13. The lowest BCUT2D eigenvalue weighted by Crippen LogP contribution is -2.36. The van der Waals surface area contributed by atoms with Gasteiger partial charge in [0.1, 0.15) is 17.1 Å². The number of carbonyl (C=O) groups excluding carboxylic acids is 1. The molecule has 2 aromatic heterocycles. The molecule has 2 heterocycles. The number of urea groups is 1. The number of hydrogen-bond donors (Lipinski definition) is 3. The fraction of sp³-hybridized carbons (Fsp3) is 0.308. The largest absolute Gasteiger partial charge is 0.478 e. The molecule has 0 aliphatic carbocycles. The van der Waals surface area contributed by atoms with Gasteiger partial charge in [-0.05, 0) is 19.1 Å². The molecule has 2 aromatic rings. The lowest BCUT2D eigenvalue weighted by atomic mass is 10.2. The maximum atomic E-state index is 11.6. The number of rotatable bonds is 6. The van der Waals surface area contributed by atoms with Crippen molar-refractivity contribution in [2.75, 3.05) is 6.54 Å². The van der Waals surface area contributed by atoms with Crippen molar-refractivity contribution in [2.24, 2.45) is 0 Å². The molecule has 0 bridgehead atoms. The molecule has 8 nitrogen and oxygen atoms in total. The molecule has 0 atom stereocenters. The standard InChI is InChI=1S/C13H16N4O4/c1-9-11(12(18)19)7-10(21-9)8-15-13(20)14-4-6-17-5-2-3-16-17/h2-3,5,7H,4,6,8H2,1H3,(H,18,19)(H2,14,15,20). The first kappa shape index (κ1) is 14.6. The monoisotopic (exact) mass is 292 g/mol. The van der Waals surface area contributed by atoms with Gasteiger partial charge in [-0.3, -0.25) is 4.68 Å². The van der Waals surface area contributed by atoms with E-state index in [-0.39, 0.29) is 18.1 Å². The summed E-state index contributed by atoms with van der Waals surface area (Å²) in [5.74, 6) is -0.336. The first-order valence-corrected chi connectivity index (χ1v) is 6.38. The predicted octanol–water partition coefficient (Wildman–Crippen LogP) is 0.982. The number of furan rings is 1. The number of hydrogen-bond acceptors (Lipinski definition) is 4. The minimum atomic E-state index is -1.05. The van der Waals surface area contributed by atoms with Crippen LogP contribution in [0.25, 0.3) is 0 Å². The second-order valence-corrected chi connectivity index (χ2v) is 4.37. The van der Waals surface area contributed by atoms with E-state index in [1.54, 1.807) is 30.1 Å². The van der Waals surface area contributed by atoms with Crippen LogP contribution in [-0.4, -0.2) is 33.4 Å². The second-order valence-electron chi connectivity index (χ2n) is 4.37. The van der Waals surface area contributed by atoms with Crippen molar-refractivity contribution in [1.82, 2.24) is 20.4 Å². The van der Waals surface area contributed by atoms with Crippen LogP contribution in [0.4, 0.5) is 4.79 Å². The number of carboxylic acid groups (broad SMARTS) is 1. The van der Waals surface area contributed by atoms with Crippen molar-refractivity contribution in [3.05, 3.63) is 41.6 Å². The van der Waals surface area contributed by atoms with Crippen molar-refractivity contribution in [1.29, 1.82) is 0 Å². The molecule has 0 fully saturated rings. The number of aromatic carboxylic acids is 1. The van der Waals surface area contributed by atoms with Gasteiger partial charge in [-0.25, -0.2) is 9.59 Å². The van der Waals surface area contributed by atoms with Gasteiger partial charge in [0.25, 0.3) is 0 Å². The van der Waals surface area contributed by atoms with Gasteiger partial charge >= 0.3 is 12.0 Å². The molecule has 0 unspecified atom stereocenters. The SMILES string of the molecule is Cc1oc(CNC(=O)NCCn2cccn2)cc1C(=O)O. The Balaban J connectivity index is 1.73. The zero-order chi connectivity index (χ0) is 15.2. The summed E-state index contributed by atoms with van der Waals surface area (Å²) < 4.78 is 6.96. The van der Waals surface area contributed by atoms with Gasteiger partial charge in [-0.2, -0.15) is 5.10 Å². The number of aromatic nitrogens is 2. The smallest absolute Gasteiger partial charge is 0.339 e. The van der Waals surface area contributed by atoms with E-state index in [1.165, 1.54) is 6.07 Å². The van der Waals surface area contributed by atoms with Gasteiger partial charge in [-0.15, -0.1) is 0 Å². The lowest BCUT2D eigenvalue weighted by Gasteiger charge is -2.06. The van der Waals surface area contributed by atoms with Gasteiger partial charge in [0.05, 0.1) is 13.1 Å². The van der Waals surface area contributed by atoms with E-state index >= 15 is 0 Å². The first-order valence-electron chi connectivity index (χ1n) is 6.38. The molecule has 0 aliphatic rings. The Kier molecular flexibility index (Phi) is 4.60. The maximum Gasteiger partial charge on any atom is 0.339 e. The number of nitrogens with zero attached hydrogens (tertiary/aromatic N) is 2. The Hall–Kier alpha value is -2.77. The number of amides is 2. The quantitative estimate of drug-likeness (QED) is 0.735. The Morgan fingerprint density at radius 1 is 1.43 bits per heavy atom. The van der Waals surface area contributed by atoms with E-state index in [0.717, 1.165) is 0 Å². The predicted molar refractivity (Wildman–Crippen MR) is 72.9 cm³/mol. The molecule has 8 heteroatoms. The summed E-state index contributed by atoms with van der Waals surface area (Å²) in [6.45, 7) is 2.70. The molecule has 3 N–H and O–H groups in total. The van der Waals surface area contributed by atoms with Crippen LogP contribution in [0.5, 0.6) is 0 Å². The van der Waals surface area contributed by atoms with E-state index in [0.29, 0.717) is 24.6 Å². The summed E-state index contributed by atoms with van der Waals surface area (Å²) in [6.07, 6.45) is 3.47. The molecule has 0 spiro atoms.